The second kappa shape index (κ2) is 18.1. The largest absolute Gasteiger partial charge is 0.404 e. The Bertz CT molecular complexity index is 2580. The van der Waals surface area contributed by atoms with E-state index in [-0.39, 0.29) is 72.2 Å². The summed E-state index contributed by atoms with van der Waals surface area (Å²) >= 11 is 0. The van der Waals surface area contributed by atoms with E-state index in [1.165, 1.54) is 15.4 Å². The van der Waals surface area contributed by atoms with E-state index in [1.807, 2.05) is 18.2 Å². The van der Waals surface area contributed by atoms with Crippen molar-refractivity contribution >= 4 is 51.5 Å². The van der Waals surface area contributed by atoms with Gasteiger partial charge in [0.25, 0.3) is 12.3 Å². The van der Waals surface area contributed by atoms with Crippen molar-refractivity contribution in [1.29, 1.82) is 0 Å². The maximum absolute atomic E-state index is 15.6. The molecule has 5 saturated heterocycles. The number of ether oxygens (including phenoxy) is 2. The Morgan fingerprint density at radius 1 is 1.05 bits per heavy atom. The zero-order valence-corrected chi connectivity index (χ0v) is 36.7. The van der Waals surface area contributed by atoms with E-state index in [1.54, 1.807) is 23.9 Å². The van der Waals surface area contributed by atoms with Crippen LogP contribution in [-0.2, 0) is 30.9 Å². The molecule has 5 aliphatic heterocycles. The molecule has 2 bridgehead atoms. The third-order valence-electron chi connectivity index (χ3n) is 14.4. The van der Waals surface area contributed by atoms with Gasteiger partial charge in [-0.3, -0.25) is 38.4 Å². The number of fused-ring (bicyclic) bond motifs is 3. The number of alkyl halides is 3. The second-order valence-corrected chi connectivity index (χ2v) is 18.7. The lowest BCUT2D eigenvalue weighted by Crippen LogP contribution is -2.51. The fourth-order valence-electron chi connectivity index (χ4n) is 10.9. The molecular formula is C45H55F3N12O6. The lowest BCUT2D eigenvalue weighted by molar-refractivity contribution is -0.135. The molecule has 5 atom stereocenters. The molecule has 0 spiro atoms. The summed E-state index contributed by atoms with van der Waals surface area (Å²) in [6, 6.07) is 6.70. The van der Waals surface area contributed by atoms with Gasteiger partial charge < -0.3 is 30.3 Å². The maximum Gasteiger partial charge on any atom is 0.329 e. The summed E-state index contributed by atoms with van der Waals surface area (Å²) < 4.78 is 60.6. The van der Waals surface area contributed by atoms with Crippen LogP contribution in [-0.4, -0.2) is 128 Å². The fourth-order valence-corrected chi connectivity index (χ4v) is 10.9. The van der Waals surface area contributed by atoms with Gasteiger partial charge in [0.2, 0.25) is 11.8 Å². The number of morpholine rings is 1. The van der Waals surface area contributed by atoms with Crippen LogP contribution in [0.5, 0.6) is 0 Å². The number of para-hydroxylation sites is 1. The van der Waals surface area contributed by atoms with Crippen molar-refractivity contribution in [2.45, 2.75) is 94.3 Å². The van der Waals surface area contributed by atoms with E-state index in [2.05, 4.69) is 40.4 Å². The molecule has 66 heavy (non-hydrogen) atoms. The number of amides is 3. The van der Waals surface area contributed by atoms with Crippen LogP contribution in [0.4, 0.5) is 30.4 Å². The van der Waals surface area contributed by atoms with Crippen molar-refractivity contribution in [1.82, 2.24) is 39.1 Å². The van der Waals surface area contributed by atoms with Crippen LogP contribution in [0, 0.1) is 11.8 Å². The first-order chi connectivity index (χ1) is 31.9. The highest BCUT2D eigenvalue weighted by Crippen LogP contribution is 2.38. The molecule has 4 aromatic rings. The van der Waals surface area contributed by atoms with Gasteiger partial charge in [0.1, 0.15) is 18.0 Å². The number of nitrogens with zero attached hydrogens (tertiary/aromatic N) is 9. The number of carbonyl (C=O) groups is 3. The third kappa shape index (κ3) is 8.44. The molecule has 6 fully saturated rings. The quantitative estimate of drug-likeness (QED) is 0.130. The van der Waals surface area contributed by atoms with Gasteiger partial charge in [0.05, 0.1) is 65.5 Å². The minimum Gasteiger partial charge on any atom is -0.404 e. The monoisotopic (exact) mass is 916 g/mol. The average molecular weight is 917 g/mol. The van der Waals surface area contributed by atoms with Crippen molar-refractivity contribution in [2.75, 3.05) is 67.6 Å². The topological polar surface area (TPSA) is 200 Å². The van der Waals surface area contributed by atoms with Crippen LogP contribution in [0.15, 0.2) is 47.7 Å². The number of aryl methyl sites for hydroxylation is 1. The number of likely N-dealkylation sites (tertiary alicyclic amines) is 1. The standard InChI is InChI=1S/C45H55F3N12O6/c1-55-40-33(3-2-4-34(40)60(45(55)64)35-9-10-38(61)53-44(35)63)57-18-26(19-57)23-66-36-12-14-56(21-31(36)46)17-25-5-7-27(8-6-25)59-22-32(39(54-59)41(47)48)51-43(62)30(16-49)42-50-13-11-37(52-42)58-20-29-15-28(58)24-65-29/h2-4,11,13,16,22,25-29,31,35-36,41H,5-10,12,14-15,17-21,23-24,49H2,1H3,(H,51,62)(H,53,61,63)/t25?,27?,28?,29-,31+,35?,36-/m1/s1. The van der Waals surface area contributed by atoms with Gasteiger partial charge in [0, 0.05) is 77.2 Å². The predicted molar refractivity (Wildman–Crippen MR) is 236 cm³/mol. The van der Waals surface area contributed by atoms with Gasteiger partial charge in [-0.2, -0.15) is 5.10 Å². The van der Waals surface area contributed by atoms with E-state index < -0.39 is 42.3 Å². The molecule has 3 amide bonds. The van der Waals surface area contributed by atoms with Crippen LogP contribution < -0.4 is 31.9 Å². The normalized spacial score (nSPS) is 27.5. The molecule has 4 N–H and O–H groups in total. The van der Waals surface area contributed by atoms with Gasteiger partial charge in [0.15, 0.2) is 11.5 Å². The van der Waals surface area contributed by atoms with Gasteiger partial charge in [-0.15, -0.1) is 0 Å². The maximum atomic E-state index is 15.6. The summed E-state index contributed by atoms with van der Waals surface area (Å²) in [6.07, 6.45) is 4.64. The molecule has 18 nitrogen and oxygen atoms in total. The zero-order valence-electron chi connectivity index (χ0n) is 36.7. The number of benzene rings is 1. The molecule has 0 radical (unpaired) electrons. The summed E-state index contributed by atoms with van der Waals surface area (Å²) in [5, 5.41) is 9.17. The van der Waals surface area contributed by atoms with Crippen LogP contribution in [0.25, 0.3) is 16.6 Å². The number of piperidine rings is 2. The number of imidazole rings is 1. The number of nitrogens with one attached hydrogen (secondary N) is 2. The Kier molecular flexibility index (Phi) is 12.1. The Hall–Kier alpha value is -5.80. The van der Waals surface area contributed by atoms with Crippen LogP contribution in [0.2, 0.25) is 0 Å². The summed E-state index contributed by atoms with van der Waals surface area (Å²) in [5.74, 6) is -0.294. The first-order valence-corrected chi connectivity index (χ1v) is 23.0. The minimum atomic E-state index is -2.92. The summed E-state index contributed by atoms with van der Waals surface area (Å²) in [4.78, 5) is 66.5. The number of rotatable bonds is 13. The highest BCUT2D eigenvalue weighted by molar-refractivity contribution is 6.24. The number of hydrogen-bond donors (Lipinski definition) is 3. The number of carbonyl (C=O) groups excluding carboxylic acids is 3. The molecule has 1 aliphatic carbocycles. The van der Waals surface area contributed by atoms with Gasteiger partial charge in [-0.05, 0) is 69.1 Å². The molecule has 2 unspecified atom stereocenters. The van der Waals surface area contributed by atoms with Crippen molar-refractivity contribution in [3.8, 4) is 0 Å². The molecule has 10 rings (SSSR count). The summed E-state index contributed by atoms with van der Waals surface area (Å²) in [7, 11) is 1.69. The molecule has 1 aromatic carbocycles. The van der Waals surface area contributed by atoms with E-state index in [4.69, 9.17) is 15.2 Å². The Labute approximate surface area is 378 Å². The smallest absolute Gasteiger partial charge is 0.329 e. The number of nitrogens with two attached hydrogens (primary N) is 1. The van der Waals surface area contributed by atoms with E-state index >= 15 is 4.39 Å². The van der Waals surface area contributed by atoms with Crippen molar-refractivity contribution in [3.05, 3.63) is 64.9 Å². The van der Waals surface area contributed by atoms with E-state index in [0.29, 0.717) is 75.9 Å². The van der Waals surface area contributed by atoms with Crippen molar-refractivity contribution in [2.24, 2.45) is 24.6 Å². The number of imide groups is 1. The van der Waals surface area contributed by atoms with Gasteiger partial charge in [-0.25, -0.2) is 27.9 Å². The van der Waals surface area contributed by atoms with Gasteiger partial charge >= 0.3 is 5.69 Å². The SMILES string of the molecule is Cn1c(=O)n(C2CCC(=O)NC2=O)c2cccc(N3CC(CO[C@@H]4CCN(CC5CCC(n6cc(NC(=O)C(=CN)c7nccc(N8C[C@H]9CC8CO9)n7)c(C(F)F)n6)CC5)C[C@@H]4F)C3)c21. The zero-order chi connectivity index (χ0) is 45.8. The predicted octanol–water partition coefficient (Wildman–Crippen LogP) is 3.45. The van der Waals surface area contributed by atoms with Crippen LogP contribution in [0.3, 0.4) is 0 Å². The lowest BCUT2D eigenvalue weighted by Gasteiger charge is -2.43. The van der Waals surface area contributed by atoms with Gasteiger partial charge in [-0.1, -0.05) is 6.07 Å². The third-order valence-corrected chi connectivity index (χ3v) is 14.4. The Morgan fingerprint density at radius 3 is 2.58 bits per heavy atom. The Balaban J connectivity index is 0.681. The number of halogens is 3. The Morgan fingerprint density at radius 2 is 1.86 bits per heavy atom. The van der Waals surface area contributed by atoms with Crippen molar-refractivity contribution in [3.63, 3.8) is 0 Å². The highest BCUT2D eigenvalue weighted by Gasteiger charge is 2.41. The summed E-state index contributed by atoms with van der Waals surface area (Å²) in [5.41, 5.74) is 7.12. The average Bonchev–Trinajstić information content (AvgIpc) is 4.09. The minimum absolute atomic E-state index is 0.0500. The van der Waals surface area contributed by atoms with E-state index in [9.17, 15) is 28.0 Å². The van der Waals surface area contributed by atoms with Crippen LogP contribution in [0.1, 0.15) is 81.4 Å². The summed E-state index contributed by atoms with van der Waals surface area (Å²) in [6.45, 7) is 4.81. The first kappa shape index (κ1) is 44.1. The van der Waals surface area contributed by atoms with Crippen molar-refractivity contribution < 1.29 is 37.0 Å². The first-order valence-electron chi connectivity index (χ1n) is 23.0. The van der Waals surface area contributed by atoms with E-state index in [0.717, 1.165) is 43.2 Å². The molecule has 8 heterocycles. The molecule has 1 saturated carbocycles. The number of aromatic nitrogens is 6. The lowest BCUT2D eigenvalue weighted by atomic mass is 9.85. The highest BCUT2D eigenvalue weighted by atomic mass is 19.3. The second-order valence-electron chi connectivity index (χ2n) is 18.7. The molecule has 6 aliphatic rings. The molecule has 3 aromatic heterocycles. The molecule has 21 heteroatoms. The fraction of sp³-hybridized carbons (Fsp3) is 0.578. The molecular weight excluding hydrogens is 862 g/mol. The molecule has 352 valence electrons. The number of hydrogen-bond acceptors (Lipinski definition) is 13. The number of anilines is 3. The van der Waals surface area contributed by atoms with Crippen LogP contribution >= 0.6 is 0 Å².